The predicted octanol–water partition coefficient (Wildman–Crippen LogP) is 7.01. The summed E-state index contributed by atoms with van der Waals surface area (Å²) in [5, 5.41) is 0. The van der Waals surface area contributed by atoms with Gasteiger partial charge in [0.05, 0.1) is 36.5 Å². The molecule has 252 valence electrons. The van der Waals surface area contributed by atoms with Crippen LogP contribution in [-0.4, -0.2) is 65.2 Å². The van der Waals surface area contributed by atoms with Crippen molar-refractivity contribution >= 4 is 17.9 Å². The summed E-state index contributed by atoms with van der Waals surface area (Å²) in [6, 6.07) is 21.1. The molecule has 0 unspecified atom stereocenters. The van der Waals surface area contributed by atoms with Gasteiger partial charge in [0.2, 0.25) is 0 Å². The number of benzene rings is 3. The van der Waals surface area contributed by atoms with E-state index in [4.69, 9.17) is 28.4 Å². The van der Waals surface area contributed by atoms with Gasteiger partial charge in [0.1, 0.15) is 17.6 Å². The van der Waals surface area contributed by atoms with Gasteiger partial charge in [0.25, 0.3) is 0 Å². The largest absolute Gasteiger partial charge is 0.459 e. The molecule has 1 saturated carbocycles. The third-order valence-corrected chi connectivity index (χ3v) is 8.04. The first kappa shape index (κ1) is 36.0. The van der Waals surface area contributed by atoms with Gasteiger partial charge in [0, 0.05) is 21.3 Å². The fourth-order valence-electron chi connectivity index (χ4n) is 5.55. The highest BCUT2D eigenvalue weighted by molar-refractivity contribution is 5.90. The summed E-state index contributed by atoms with van der Waals surface area (Å²) in [6.07, 6.45) is 2.74. The lowest BCUT2D eigenvalue weighted by Gasteiger charge is -2.30. The van der Waals surface area contributed by atoms with Crippen molar-refractivity contribution in [2.24, 2.45) is 0 Å². The van der Waals surface area contributed by atoms with Crippen LogP contribution < -0.4 is 9.47 Å². The van der Waals surface area contributed by atoms with Gasteiger partial charge in [-0.25, -0.2) is 14.4 Å². The van der Waals surface area contributed by atoms with Crippen LogP contribution in [0.1, 0.15) is 37.2 Å². The Morgan fingerprint density at radius 1 is 0.583 bits per heavy atom. The molecule has 0 spiro atoms. The van der Waals surface area contributed by atoms with Gasteiger partial charge in [-0.05, 0) is 83.7 Å². The second kappa shape index (κ2) is 17.4. The van der Waals surface area contributed by atoms with Crippen molar-refractivity contribution in [2.45, 2.75) is 37.7 Å². The van der Waals surface area contributed by atoms with Gasteiger partial charge in [-0.1, -0.05) is 62.2 Å². The third-order valence-electron chi connectivity index (χ3n) is 8.04. The van der Waals surface area contributed by atoms with Gasteiger partial charge in [-0.2, -0.15) is 0 Å². The number of carbonyl (C=O) groups is 3. The third kappa shape index (κ3) is 9.60. The molecule has 0 bridgehead atoms. The number of hydrogen-bond donors (Lipinski definition) is 0. The first-order chi connectivity index (χ1) is 23.1. The lowest BCUT2D eigenvalue weighted by atomic mass is 9.79. The van der Waals surface area contributed by atoms with E-state index in [1.165, 1.54) is 21.3 Å². The van der Waals surface area contributed by atoms with Crippen molar-refractivity contribution in [3.05, 3.63) is 109 Å². The van der Waals surface area contributed by atoms with Gasteiger partial charge in [-0.15, -0.1) is 0 Å². The van der Waals surface area contributed by atoms with Crippen molar-refractivity contribution in [3.63, 3.8) is 0 Å². The van der Waals surface area contributed by atoms with E-state index in [0.717, 1.165) is 40.7 Å². The van der Waals surface area contributed by atoms with Crippen LogP contribution in [0.2, 0.25) is 0 Å². The van der Waals surface area contributed by atoms with Crippen LogP contribution in [-0.2, 0) is 33.3 Å². The quantitative estimate of drug-likeness (QED) is 0.0972. The van der Waals surface area contributed by atoms with Crippen LogP contribution in [0.5, 0.6) is 11.5 Å². The maximum Gasteiger partial charge on any atom is 0.341 e. The Balaban J connectivity index is 1.53. The fourth-order valence-corrected chi connectivity index (χ4v) is 5.55. The molecule has 9 nitrogen and oxygen atoms in total. The summed E-state index contributed by atoms with van der Waals surface area (Å²) in [6.45, 7) is 11.5. The molecule has 1 fully saturated rings. The van der Waals surface area contributed by atoms with Crippen LogP contribution in [0.4, 0.5) is 0 Å². The molecule has 3 aromatic carbocycles. The average molecular weight is 655 g/mol. The fraction of sp³-hybridized carbons (Fsp3) is 0.308. The zero-order chi connectivity index (χ0) is 34.6. The summed E-state index contributed by atoms with van der Waals surface area (Å²) < 4.78 is 31.7. The molecule has 48 heavy (non-hydrogen) atoms. The van der Waals surface area contributed by atoms with E-state index in [1.807, 2.05) is 36.4 Å². The Bertz CT molecular complexity index is 1630. The molecule has 3 aromatic rings. The molecule has 1 aliphatic carbocycles. The SMILES string of the molecule is C=C(COC)C(=O)Oc1ccc(-c2ccc(-c3ccc(OC(=O)C(=C)COC)cc3C3CCC(OC(=O)C(=C)COC)CC3)cc2)cc1. The Morgan fingerprint density at radius 2 is 1.02 bits per heavy atom. The topological polar surface area (TPSA) is 107 Å². The highest BCUT2D eigenvalue weighted by Gasteiger charge is 2.28. The number of carbonyl (C=O) groups excluding carboxylic acids is 3. The minimum absolute atomic E-state index is 0.0771. The number of rotatable bonds is 15. The number of ether oxygens (including phenoxy) is 6. The molecular formula is C39H42O9. The van der Waals surface area contributed by atoms with Gasteiger partial charge >= 0.3 is 17.9 Å². The van der Waals surface area contributed by atoms with Crippen LogP contribution in [0, 0.1) is 0 Å². The van der Waals surface area contributed by atoms with Gasteiger partial charge < -0.3 is 28.4 Å². The average Bonchev–Trinajstić information content (AvgIpc) is 3.09. The number of esters is 3. The minimum Gasteiger partial charge on any atom is -0.459 e. The highest BCUT2D eigenvalue weighted by atomic mass is 16.6. The Morgan fingerprint density at radius 3 is 1.54 bits per heavy atom. The molecule has 0 N–H and O–H groups in total. The summed E-state index contributed by atoms with van der Waals surface area (Å²) >= 11 is 0. The van der Waals surface area contributed by atoms with Crippen molar-refractivity contribution in [2.75, 3.05) is 41.2 Å². The standard InChI is InChI=1S/C39H42O9/c1-25(22-43-4)37(40)46-32-15-11-29(12-16-32)28-7-9-30(10-8-28)35-20-19-34(48-39(42)27(3)24-45-6)21-36(35)31-13-17-33(18-14-31)47-38(41)26(2)23-44-5/h7-12,15-16,19-21,31,33H,1-3,13-14,17-18,22-24H2,4-6H3. The Hall–Kier alpha value is -4.83. The van der Waals surface area contributed by atoms with E-state index in [9.17, 15) is 14.4 Å². The zero-order valence-corrected chi connectivity index (χ0v) is 27.8. The number of methoxy groups -OCH3 is 3. The highest BCUT2D eigenvalue weighted by Crippen LogP contribution is 2.41. The summed E-state index contributed by atoms with van der Waals surface area (Å²) in [4.78, 5) is 37.1. The first-order valence-electron chi connectivity index (χ1n) is 15.6. The van der Waals surface area contributed by atoms with Crippen LogP contribution in [0.15, 0.2) is 103 Å². The molecule has 0 heterocycles. The maximum absolute atomic E-state index is 12.6. The lowest BCUT2D eigenvalue weighted by Crippen LogP contribution is -2.25. The Labute approximate surface area is 281 Å². The molecule has 9 heteroatoms. The summed E-state index contributed by atoms with van der Waals surface area (Å²) in [7, 11) is 4.49. The zero-order valence-electron chi connectivity index (χ0n) is 27.8. The predicted molar refractivity (Wildman–Crippen MR) is 183 cm³/mol. The van der Waals surface area contributed by atoms with E-state index in [0.29, 0.717) is 29.9 Å². The number of hydrogen-bond acceptors (Lipinski definition) is 9. The monoisotopic (exact) mass is 654 g/mol. The van der Waals surface area contributed by atoms with E-state index >= 15 is 0 Å². The van der Waals surface area contributed by atoms with Crippen molar-refractivity contribution in [3.8, 4) is 33.8 Å². The molecule has 0 aromatic heterocycles. The molecular weight excluding hydrogens is 612 g/mol. The van der Waals surface area contributed by atoms with Crippen LogP contribution in [0.3, 0.4) is 0 Å². The molecule has 1 aliphatic rings. The molecule has 0 aliphatic heterocycles. The molecule has 0 amide bonds. The van der Waals surface area contributed by atoms with E-state index < -0.39 is 17.9 Å². The maximum atomic E-state index is 12.6. The molecule has 0 saturated heterocycles. The second-order valence-corrected chi connectivity index (χ2v) is 11.6. The first-order valence-corrected chi connectivity index (χ1v) is 15.6. The van der Waals surface area contributed by atoms with E-state index in [1.54, 1.807) is 18.2 Å². The van der Waals surface area contributed by atoms with Crippen molar-refractivity contribution in [1.29, 1.82) is 0 Å². The normalized spacial score (nSPS) is 15.6. The van der Waals surface area contributed by atoms with Crippen LogP contribution in [0.25, 0.3) is 22.3 Å². The van der Waals surface area contributed by atoms with E-state index in [-0.39, 0.29) is 43.0 Å². The van der Waals surface area contributed by atoms with Crippen molar-refractivity contribution in [1.82, 2.24) is 0 Å². The van der Waals surface area contributed by atoms with E-state index in [2.05, 4.69) is 31.9 Å². The van der Waals surface area contributed by atoms with Crippen LogP contribution >= 0.6 is 0 Å². The molecule has 0 atom stereocenters. The summed E-state index contributed by atoms with van der Waals surface area (Å²) in [5.41, 5.74) is 5.75. The summed E-state index contributed by atoms with van der Waals surface area (Å²) in [5.74, 6) is -0.537. The van der Waals surface area contributed by atoms with Gasteiger partial charge in [-0.3, -0.25) is 0 Å². The van der Waals surface area contributed by atoms with Gasteiger partial charge in [0.15, 0.2) is 0 Å². The molecule has 4 rings (SSSR count). The second-order valence-electron chi connectivity index (χ2n) is 11.6. The molecule has 0 radical (unpaired) electrons. The minimum atomic E-state index is -0.549. The Kier molecular flexibility index (Phi) is 13.0. The lowest BCUT2D eigenvalue weighted by molar-refractivity contribution is -0.146. The van der Waals surface area contributed by atoms with Crippen molar-refractivity contribution < 1.29 is 42.8 Å². The smallest absolute Gasteiger partial charge is 0.341 e.